The Morgan fingerprint density at radius 1 is 1.10 bits per heavy atom. The fraction of sp³-hybridized carbons (Fsp3) is 0.118. The van der Waals surface area contributed by atoms with Gasteiger partial charge in [0.25, 0.3) is 0 Å². The summed E-state index contributed by atoms with van der Waals surface area (Å²) in [5.74, 6) is 0. The van der Waals surface area contributed by atoms with E-state index in [-0.39, 0.29) is 0 Å². The van der Waals surface area contributed by atoms with Gasteiger partial charge in [0.1, 0.15) is 0 Å². The monoisotopic (exact) mass is 326 g/mol. The Morgan fingerprint density at radius 2 is 1.95 bits per heavy atom. The molecule has 0 saturated heterocycles. The van der Waals surface area contributed by atoms with Gasteiger partial charge >= 0.3 is 0 Å². The molecule has 2 nitrogen and oxygen atoms in total. The Bertz CT molecular complexity index is 753. The van der Waals surface area contributed by atoms with Crippen molar-refractivity contribution in [1.82, 2.24) is 4.98 Å². The molecule has 0 spiro atoms. The van der Waals surface area contributed by atoms with Gasteiger partial charge < -0.3 is 5.32 Å². The van der Waals surface area contributed by atoms with E-state index in [1.165, 1.54) is 11.1 Å². The SMILES string of the molecule is Cc1cccc(CNc2cccc3cc(Br)cnc23)c1. The van der Waals surface area contributed by atoms with E-state index in [4.69, 9.17) is 0 Å². The molecule has 0 amide bonds. The van der Waals surface area contributed by atoms with Crippen molar-refractivity contribution in [2.24, 2.45) is 0 Å². The summed E-state index contributed by atoms with van der Waals surface area (Å²) in [4.78, 5) is 4.50. The zero-order chi connectivity index (χ0) is 13.9. The first kappa shape index (κ1) is 13.1. The number of hydrogen-bond acceptors (Lipinski definition) is 2. The van der Waals surface area contributed by atoms with Crippen LogP contribution in [0.5, 0.6) is 0 Å². The minimum atomic E-state index is 0.804. The third kappa shape index (κ3) is 2.83. The van der Waals surface area contributed by atoms with Crippen LogP contribution >= 0.6 is 15.9 Å². The first-order chi connectivity index (χ1) is 9.72. The van der Waals surface area contributed by atoms with Crippen molar-refractivity contribution in [2.45, 2.75) is 13.5 Å². The van der Waals surface area contributed by atoms with E-state index < -0.39 is 0 Å². The minimum Gasteiger partial charge on any atom is -0.379 e. The summed E-state index contributed by atoms with van der Waals surface area (Å²) in [7, 11) is 0. The molecule has 0 aliphatic rings. The quantitative estimate of drug-likeness (QED) is 0.739. The largest absolute Gasteiger partial charge is 0.379 e. The number of fused-ring (bicyclic) bond motifs is 1. The van der Waals surface area contributed by atoms with Crippen molar-refractivity contribution < 1.29 is 0 Å². The smallest absolute Gasteiger partial charge is 0.0934 e. The fourth-order valence-electron chi connectivity index (χ4n) is 2.30. The van der Waals surface area contributed by atoms with Crippen LogP contribution in [0.3, 0.4) is 0 Å². The van der Waals surface area contributed by atoms with Crippen LogP contribution < -0.4 is 5.32 Å². The van der Waals surface area contributed by atoms with E-state index in [1.807, 2.05) is 6.20 Å². The number of nitrogens with one attached hydrogen (secondary N) is 1. The lowest BCUT2D eigenvalue weighted by Crippen LogP contribution is -2.00. The lowest BCUT2D eigenvalue weighted by molar-refractivity contribution is 1.14. The second kappa shape index (κ2) is 5.63. The van der Waals surface area contributed by atoms with Crippen LogP contribution in [0.2, 0.25) is 0 Å². The number of pyridine rings is 1. The first-order valence-corrected chi connectivity index (χ1v) is 7.35. The molecule has 0 aliphatic carbocycles. The molecular formula is C17H15BrN2. The van der Waals surface area contributed by atoms with E-state index in [9.17, 15) is 0 Å². The van der Waals surface area contributed by atoms with Gasteiger partial charge in [-0.2, -0.15) is 0 Å². The molecule has 0 saturated carbocycles. The number of halogens is 1. The van der Waals surface area contributed by atoms with Crippen LogP contribution in [-0.4, -0.2) is 4.98 Å². The van der Waals surface area contributed by atoms with Crippen molar-refractivity contribution in [3.63, 3.8) is 0 Å². The van der Waals surface area contributed by atoms with Crippen molar-refractivity contribution in [2.75, 3.05) is 5.32 Å². The number of aryl methyl sites for hydroxylation is 1. The maximum atomic E-state index is 4.50. The fourth-order valence-corrected chi connectivity index (χ4v) is 2.65. The van der Waals surface area contributed by atoms with E-state index in [0.717, 1.165) is 27.6 Å². The topological polar surface area (TPSA) is 24.9 Å². The number of aromatic nitrogens is 1. The molecule has 0 unspecified atom stereocenters. The highest BCUT2D eigenvalue weighted by Crippen LogP contribution is 2.24. The molecule has 1 heterocycles. The average molecular weight is 327 g/mol. The van der Waals surface area contributed by atoms with E-state index >= 15 is 0 Å². The third-order valence-corrected chi connectivity index (χ3v) is 3.68. The van der Waals surface area contributed by atoms with Crippen molar-refractivity contribution in [3.8, 4) is 0 Å². The molecule has 1 N–H and O–H groups in total. The molecular weight excluding hydrogens is 312 g/mol. The molecule has 0 radical (unpaired) electrons. The predicted octanol–water partition coefficient (Wildman–Crippen LogP) is 4.92. The summed E-state index contributed by atoms with van der Waals surface area (Å²) >= 11 is 3.46. The predicted molar refractivity (Wildman–Crippen MR) is 87.9 cm³/mol. The highest BCUT2D eigenvalue weighted by molar-refractivity contribution is 9.10. The molecule has 0 bridgehead atoms. The molecule has 0 fully saturated rings. The highest BCUT2D eigenvalue weighted by Gasteiger charge is 2.02. The van der Waals surface area contributed by atoms with Gasteiger partial charge in [0, 0.05) is 22.6 Å². The zero-order valence-electron chi connectivity index (χ0n) is 11.2. The zero-order valence-corrected chi connectivity index (χ0v) is 12.8. The summed E-state index contributed by atoms with van der Waals surface area (Å²) in [5.41, 5.74) is 4.63. The van der Waals surface area contributed by atoms with Gasteiger partial charge in [-0.15, -0.1) is 0 Å². The lowest BCUT2D eigenvalue weighted by Gasteiger charge is -2.10. The average Bonchev–Trinajstić information content (AvgIpc) is 2.44. The van der Waals surface area contributed by atoms with Gasteiger partial charge in [0.2, 0.25) is 0 Å². The van der Waals surface area contributed by atoms with Gasteiger partial charge in [-0.05, 0) is 40.5 Å². The van der Waals surface area contributed by atoms with Gasteiger partial charge in [0.15, 0.2) is 0 Å². The van der Waals surface area contributed by atoms with Crippen molar-refractivity contribution >= 4 is 32.5 Å². The summed E-state index contributed by atoms with van der Waals surface area (Å²) in [6, 6.07) is 16.8. The molecule has 100 valence electrons. The van der Waals surface area contributed by atoms with E-state index in [0.29, 0.717) is 0 Å². The van der Waals surface area contributed by atoms with Gasteiger partial charge in [-0.3, -0.25) is 4.98 Å². The number of nitrogens with zero attached hydrogens (tertiary/aromatic N) is 1. The molecule has 3 rings (SSSR count). The van der Waals surface area contributed by atoms with Gasteiger partial charge in [0.05, 0.1) is 11.2 Å². The Morgan fingerprint density at radius 3 is 2.80 bits per heavy atom. The number of benzene rings is 2. The molecule has 20 heavy (non-hydrogen) atoms. The van der Waals surface area contributed by atoms with Gasteiger partial charge in [-0.25, -0.2) is 0 Å². The van der Waals surface area contributed by atoms with Crippen LogP contribution in [-0.2, 0) is 6.54 Å². The Kier molecular flexibility index (Phi) is 3.70. The molecule has 1 aromatic heterocycles. The van der Waals surface area contributed by atoms with E-state index in [2.05, 4.69) is 81.7 Å². The van der Waals surface area contributed by atoms with Gasteiger partial charge in [-0.1, -0.05) is 42.0 Å². The normalized spacial score (nSPS) is 10.7. The highest BCUT2D eigenvalue weighted by atomic mass is 79.9. The minimum absolute atomic E-state index is 0.804. The first-order valence-electron chi connectivity index (χ1n) is 6.56. The summed E-state index contributed by atoms with van der Waals surface area (Å²) < 4.78 is 1.00. The Hall–Kier alpha value is -1.87. The summed E-state index contributed by atoms with van der Waals surface area (Å²) in [6.45, 7) is 2.92. The van der Waals surface area contributed by atoms with Crippen LogP contribution in [0.4, 0.5) is 5.69 Å². The Balaban J connectivity index is 1.87. The Labute approximate surface area is 127 Å². The standard InChI is InChI=1S/C17H15BrN2/c1-12-4-2-5-13(8-12)10-19-16-7-3-6-14-9-15(18)11-20-17(14)16/h2-9,11,19H,10H2,1H3. The maximum absolute atomic E-state index is 4.50. The second-order valence-electron chi connectivity index (χ2n) is 4.87. The van der Waals surface area contributed by atoms with Crippen LogP contribution in [0.25, 0.3) is 10.9 Å². The van der Waals surface area contributed by atoms with Crippen molar-refractivity contribution in [3.05, 3.63) is 70.3 Å². The summed E-state index contributed by atoms with van der Waals surface area (Å²) in [6.07, 6.45) is 1.83. The molecule has 0 atom stereocenters. The molecule has 0 aliphatic heterocycles. The second-order valence-corrected chi connectivity index (χ2v) is 5.79. The van der Waals surface area contributed by atoms with Crippen molar-refractivity contribution in [1.29, 1.82) is 0 Å². The molecule has 2 aromatic carbocycles. The number of hydrogen-bond donors (Lipinski definition) is 1. The van der Waals surface area contributed by atoms with E-state index in [1.54, 1.807) is 0 Å². The maximum Gasteiger partial charge on any atom is 0.0934 e. The van der Waals surface area contributed by atoms with Crippen LogP contribution in [0.1, 0.15) is 11.1 Å². The van der Waals surface area contributed by atoms with Crippen LogP contribution in [0, 0.1) is 6.92 Å². The summed E-state index contributed by atoms with van der Waals surface area (Å²) in [5, 5.41) is 4.61. The number of para-hydroxylation sites is 1. The number of rotatable bonds is 3. The molecule has 3 heteroatoms. The third-order valence-electron chi connectivity index (χ3n) is 3.24. The number of anilines is 1. The lowest BCUT2D eigenvalue weighted by atomic mass is 10.1. The molecule has 3 aromatic rings. The van der Waals surface area contributed by atoms with Crippen LogP contribution in [0.15, 0.2) is 59.2 Å².